The number of amides is 1. The molecule has 5 nitrogen and oxygen atoms in total. The van der Waals surface area contributed by atoms with Crippen molar-refractivity contribution < 1.29 is 4.79 Å². The van der Waals surface area contributed by atoms with E-state index in [1.54, 1.807) is 0 Å². The van der Waals surface area contributed by atoms with Crippen molar-refractivity contribution in [3.8, 4) is 0 Å². The van der Waals surface area contributed by atoms with E-state index in [0.29, 0.717) is 5.69 Å². The number of rotatable bonds is 3. The fourth-order valence-corrected chi connectivity index (χ4v) is 2.24. The lowest BCUT2D eigenvalue weighted by Gasteiger charge is -2.06. The molecule has 2 aromatic carbocycles. The summed E-state index contributed by atoms with van der Waals surface area (Å²) in [6.45, 7) is 0. The Kier molecular flexibility index (Phi) is 3.39. The van der Waals surface area contributed by atoms with Gasteiger partial charge < -0.3 is 0 Å². The zero-order valence-electron chi connectivity index (χ0n) is 10.4. The van der Waals surface area contributed by atoms with Crippen LogP contribution in [0.1, 0.15) is 10.5 Å². The zero-order valence-corrected chi connectivity index (χ0v) is 11.9. The van der Waals surface area contributed by atoms with Crippen LogP contribution in [0.25, 0.3) is 10.9 Å². The number of aromatic nitrogens is 2. The number of carbonyl (C=O) groups excluding carboxylic acids is 1. The van der Waals surface area contributed by atoms with E-state index in [-0.39, 0.29) is 5.91 Å². The number of hydrogen-bond acceptors (Lipinski definition) is 3. The molecule has 3 aromatic rings. The van der Waals surface area contributed by atoms with Crippen molar-refractivity contribution in [2.24, 2.45) is 0 Å². The Labute approximate surface area is 123 Å². The third-order valence-corrected chi connectivity index (χ3v) is 3.33. The second-order valence-corrected chi connectivity index (χ2v) is 5.12. The van der Waals surface area contributed by atoms with Gasteiger partial charge in [-0.2, -0.15) is 5.10 Å². The summed E-state index contributed by atoms with van der Waals surface area (Å²) in [7, 11) is 0. The Balaban J connectivity index is 1.79. The zero-order chi connectivity index (χ0) is 13.9. The lowest BCUT2D eigenvalue weighted by atomic mass is 10.2. The monoisotopic (exact) mass is 330 g/mol. The number of benzene rings is 2. The summed E-state index contributed by atoms with van der Waals surface area (Å²) in [5.41, 5.74) is 7.45. The molecule has 0 atom stereocenters. The predicted octanol–water partition coefficient (Wildman–Crippen LogP) is 3.08. The number of fused-ring (bicyclic) bond motifs is 1. The molecule has 0 saturated heterocycles. The Bertz CT molecular complexity index is 754. The van der Waals surface area contributed by atoms with E-state index in [1.165, 1.54) is 0 Å². The normalized spacial score (nSPS) is 10.4. The van der Waals surface area contributed by atoms with Crippen LogP contribution in [0.2, 0.25) is 0 Å². The first-order valence-electron chi connectivity index (χ1n) is 5.99. The van der Waals surface area contributed by atoms with E-state index in [4.69, 9.17) is 0 Å². The number of anilines is 1. The molecule has 1 aromatic heterocycles. The minimum atomic E-state index is -0.289. The Morgan fingerprint density at radius 3 is 2.75 bits per heavy atom. The lowest BCUT2D eigenvalue weighted by Crippen LogP contribution is -2.29. The van der Waals surface area contributed by atoms with Crippen molar-refractivity contribution in [1.82, 2.24) is 15.6 Å². The van der Waals surface area contributed by atoms with Gasteiger partial charge in [0.05, 0.1) is 11.2 Å². The summed E-state index contributed by atoms with van der Waals surface area (Å²) in [6.07, 6.45) is 0. The van der Waals surface area contributed by atoms with Gasteiger partial charge in [0.15, 0.2) is 5.69 Å². The number of nitrogens with one attached hydrogen (secondary N) is 3. The molecular weight excluding hydrogens is 320 g/mol. The molecule has 6 heteroatoms. The van der Waals surface area contributed by atoms with Gasteiger partial charge in [0.2, 0.25) is 0 Å². The van der Waals surface area contributed by atoms with Crippen LogP contribution in [0, 0.1) is 0 Å². The molecule has 0 radical (unpaired) electrons. The van der Waals surface area contributed by atoms with Crippen LogP contribution >= 0.6 is 15.9 Å². The largest absolute Gasteiger partial charge is 0.298 e. The Hall–Kier alpha value is -2.34. The van der Waals surface area contributed by atoms with Gasteiger partial charge in [0, 0.05) is 9.86 Å². The topological polar surface area (TPSA) is 69.8 Å². The number of hydrazine groups is 1. The van der Waals surface area contributed by atoms with Crippen molar-refractivity contribution in [3.63, 3.8) is 0 Å². The van der Waals surface area contributed by atoms with Crippen molar-refractivity contribution in [2.75, 3.05) is 5.43 Å². The highest BCUT2D eigenvalue weighted by Crippen LogP contribution is 2.20. The first-order valence-corrected chi connectivity index (χ1v) is 6.78. The van der Waals surface area contributed by atoms with Gasteiger partial charge in [-0.3, -0.25) is 20.7 Å². The maximum atomic E-state index is 12.1. The summed E-state index contributed by atoms with van der Waals surface area (Å²) in [5, 5.41) is 7.67. The van der Waals surface area contributed by atoms with Crippen LogP contribution in [0.15, 0.2) is 53.0 Å². The molecule has 0 spiro atoms. The van der Waals surface area contributed by atoms with Crippen molar-refractivity contribution in [1.29, 1.82) is 0 Å². The fraction of sp³-hybridized carbons (Fsp3) is 0. The number of para-hydroxylation sites is 1. The molecule has 1 heterocycles. The van der Waals surface area contributed by atoms with Crippen molar-refractivity contribution >= 4 is 38.4 Å². The smallest absolute Gasteiger partial charge is 0.290 e. The standard InChI is InChI=1S/C14H11BrN4O/c15-9-6-7-11-12(8-9)17-18-13(11)14(20)19-16-10-4-2-1-3-5-10/h1-8,16H,(H,17,18)(H,19,20). The summed E-state index contributed by atoms with van der Waals surface area (Å²) >= 11 is 3.38. The molecule has 100 valence electrons. The molecular formula is C14H11BrN4O. The molecule has 0 saturated carbocycles. The Morgan fingerprint density at radius 2 is 1.95 bits per heavy atom. The molecule has 0 aliphatic carbocycles. The molecule has 20 heavy (non-hydrogen) atoms. The van der Waals surface area contributed by atoms with Gasteiger partial charge >= 0.3 is 0 Å². The molecule has 3 N–H and O–H groups in total. The van der Waals surface area contributed by atoms with Crippen LogP contribution in [0.5, 0.6) is 0 Å². The van der Waals surface area contributed by atoms with E-state index in [0.717, 1.165) is 21.1 Å². The second-order valence-electron chi connectivity index (χ2n) is 4.21. The lowest BCUT2D eigenvalue weighted by molar-refractivity contribution is 0.0959. The van der Waals surface area contributed by atoms with E-state index in [2.05, 4.69) is 37.0 Å². The first kappa shape index (κ1) is 12.7. The number of nitrogens with zero attached hydrogens (tertiary/aromatic N) is 1. The SMILES string of the molecule is O=C(NNc1ccccc1)c1n[nH]c2cc(Br)ccc12. The fourth-order valence-electron chi connectivity index (χ4n) is 1.87. The Morgan fingerprint density at radius 1 is 1.15 bits per heavy atom. The molecule has 1 amide bonds. The molecule has 0 fully saturated rings. The number of H-pyrrole nitrogens is 1. The minimum absolute atomic E-state index is 0.289. The van der Waals surface area contributed by atoms with Gasteiger partial charge in [0.25, 0.3) is 5.91 Å². The molecule has 3 rings (SSSR count). The van der Waals surface area contributed by atoms with Crippen LogP contribution in [0.4, 0.5) is 5.69 Å². The first-order chi connectivity index (χ1) is 9.74. The van der Waals surface area contributed by atoms with Crippen LogP contribution in [0.3, 0.4) is 0 Å². The second kappa shape index (κ2) is 5.34. The van der Waals surface area contributed by atoms with Gasteiger partial charge in [0.1, 0.15) is 0 Å². The quantitative estimate of drug-likeness (QED) is 0.646. The molecule has 0 unspecified atom stereocenters. The highest BCUT2D eigenvalue weighted by molar-refractivity contribution is 9.10. The minimum Gasteiger partial charge on any atom is -0.298 e. The molecule has 0 aliphatic heterocycles. The van der Waals surface area contributed by atoms with Crippen molar-refractivity contribution in [3.05, 3.63) is 58.7 Å². The predicted molar refractivity (Wildman–Crippen MR) is 81.3 cm³/mol. The summed E-state index contributed by atoms with van der Waals surface area (Å²) in [6, 6.07) is 15.0. The van der Waals surface area contributed by atoms with E-state index in [9.17, 15) is 4.79 Å². The van der Waals surface area contributed by atoms with E-state index in [1.807, 2.05) is 48.5 Å². The number of halogens is 1. The van der Waals surface area contributed by atoms with Gasteiger partial charge in [-0.15, -0.1) is 0 Å². The average Bonchev–Trinajstić information content (AvgIpc) is 2.89. The van der Waals surface area contributed by atoms with E-state index >= 15 is 0 Å². The van der Waals surface area contributed by atoms with Crippen LogP contribution in [-0.4, -0.2) is 16.1 Å². The summed E-state index contributed by atoms with van der Waals surface area (Å²) in [5.74, 6) is -0.289. The summed E-state index contributed by atoms with van der Waals surface area (Å²) < 4.78 is 0.933. The number of aromatic amines is 1. The average molecular weight is 331 g/mol. The maximum Gasteiger partial charge on any atom is 0.290 e. The van der Waals surface area contributed by atoms with Crippen LogP contribution in [-0.2, 0) is 0 Å². The number of hydrogen-bond donors (Lipinski definition) is 3. The number of carbonyl (C=O) groups is 1. The van der Waals surface area contributed by atoms with Crippen molar-refractivity contribution in [2.45, 2.75) is 0 Å². The highest BCUT2D eigenvalue weighted by Gasteiger charge is 2.13. The molecule has 0 bridgehead atoms. The highest BCUT2D eigenvalue weighted by atomic mass is 79.9. The van der Waals surface area contributed by atoms with E-state index < -0.39 is 0 Å². The van der Waals surface area contributed by atoms with Gasteiger partial charge in [-0.1, -0.05) is 34.1 Å². The van der Waals surface area contributed by atoms with Gasteiger partial charge in [-0.25, -0.2) is 0 Å². The maximum absolute atomic E-state index is 12.1. The third-order valence-electron chi connectivity index (χ3n) is 2.83. The molecule has 0 aliphatic rings. The van der Waals surface area contributed by atoms with Gasteiger partial charge in [-0.05, 0) is 30.3 Å². The summed E-state index contributed by atoms with van der Waals surface area (Å²) in [4.78, 5) is 12.1. The third kappa shape index (κ3) is 2.50. The van der Waals surface area contributed by atoms with Crippen LogP contribution < -0.4 is 10.9 Å².